The third-order valence-corrected chi connectivity index (χ3v) is 2.42. The van der Waals surface area contributed by atoms with Crippen LogP contribution in [-0.2, 0) is 13.1 Å². The molecule has 90 valence electrons. The maximum absolute atomic E-state index is 5.60. The number of nitrogens with zero attached hydrogens (tertiary/aromatic N) is 4. The van der Waals surface area contributed by atoms with Gasteiger partial charge in [-0.2, -0.15) is 0 Å². The summed E-state index contributed by atoms with van der Waals surface area (Å²) in [6, 6.07) is 1.90. The van der Waals surface area contributed by atoms with Gasteiger partial charge in [0.1, 0.15) is 17.5 Å². The van der Waals surface area contributed by atoms with Crippen molar-refractivity contribution < 1.29 is 0 Å². The van der Waals surface area contributed by atoms with Crippen LogP contribution in [0.2, 0.25) is 0 Å². The minimum atomic E-state index is 0.422. The van der Waals surface area contributed by atoms with Gasteiger partial charge >= 0.3 is 0 Å². The molecule has 0 bridgehead atoms. The number of H-pyrrole nitrogens is 1. The highest BCUT2D eigenvalue weighted by Gasteiger charge is 2.07. The van der Waals surface area contributed by atoms with E-state index in [0.29, 0.717) is 13.1 Å². The van der Waals surface area contributed by atoms with Gasteiger partial charge in [-0.1, -0.05) is 0 Å². The predicted octanol–water partition coefficient (Wildman–Crippen LogP) is 0.603. The SMILES string of the molecule is Cc1nc(CN)cc(N(C)Cc2ncc[nH]2)n1. The Bertz CT molecular complexity index is 479. The van der Waals surface area contributed by atoms with Crippen LogP contribution >= 0.6 is 0 Å². The molecule has 0 atom stereocenters. The minimum absolute atomic E-state index is 0.422. The molecule has 2 aromatic heterocycles. The molecule has 0 spiro atoms. The fourth-order valence-electron chi connectivity index (χ4n) is 1.60. The molecule has 0 fully saturated rings. The van der Waals surface area contributed by atoms with Gasteiger partial charge in [0.25, 0.3) is 0 Å². The Morgan fingerprint density at radius 2 is 2.24 bits per heavy atom. The molecule has 2 rings (SSSR count). The summed E-state index contributed by atoms with van der Waals surface area (Å²) in [7, 11) is 1.96. The number of hydrogen-bond donors (Lipinski definition) is 2. The largest absolute Gasteiger partial charge is 0.352 e. The van der Waals surface area contributed by atoms with Crippen LogP contribution in [0.1, 0.15) is 17.3 Å². The molecule has 2 heterocycles. The lowest BCUT2D eigenvalue weighted by Gasteiger charge is -2.17. The van der Waals surface area contributed by atoms with Gasteiger partial charge in [0, 0.05) is 32.1 Å². The molecule has 0 aliphatic rings. The third kappa shape index (κ3) is 2.79. The highest BCUT2D eigenvalue weighted by Crippen LogP contribution is 2.12. The summed E-state index contributed by atoms with van der Waals surface area (Å²) in [5.41, 5.74) is 6.44. The quantitative estimate of drug-likeness (QED) is 0.806. The van der Waals surface area contributed by atoms with E-state index >= 15 is 0 Å². The van der Waals surface area contributed by atoms with E-state index in [0.717, 1.165) is 23.2 Å². The van der Waals surface area contributed by atoms with Crippen molar-refractivity contribution in [1.29, 1.82) is 0 Å². The Hall–Kier alpha value is -1.95. The van der Waals surface area contributed by atoms with Crippen LogP contribution in [0.25, 0.3) is 0 Å². The van der Waals surface area contributed by atoms with Crippen molar-refractivity contribution in [3.63, 3.8) is 0 Å². The number of aryl methyl sites for hydroxylation is 1. The van der Waals surface area contributed by atoms with Crippen molar-refractivity contribution in [2.24, 2.45) is 5.73 Å². The van der Waals surface area contributed by atoms with Crippen molar-refractivity contribution in [3.05, 3.63) is 35.8 Å². The summed E-state index contributed by atoms with van der Waals surface area (Å²) in [5, 5.41) is 0. The van der Waals surface area contributed by atoms with Gasteiger partial charge < -0.3 is 15.6 Å². The predicted molar refractivity (Wildman–Crippen MR) is 65.4 cm³/mol. The van der Waals surface area contributed by atoms with E-state index < -0.39 is 0 Å². The first-order valence-corrected chi connectivity index (χ1v) is 5.43. The topological polar surface area (TPSA) is 83.7 Å². The average molecular weight is 232 g/mol. The first kappa shape index (κ1) is 11.5. The lowest BCUT2D eigenvalue weighted by Crippen LogP contribution is -2.20. The summed E-state index contributed by atoms with van der Waals surface area (Å²) >= 11 is 0. The molecule has 0 aliphatic carbocycles. The number of aromatic amines is 1. The number of hydrogen-bond acceptors (Lipinski definition) is 5. The second kappa shape index (κ2) is 4.92. The lowest BCUT2D eigenvalue weighted by atomic mass is 10.3. The molecule has 0 radical (unpaired) electrons. The number of aromatic nitrogens is 4. The Kier molecular flexibility index (Phi) is 3.34. The van der Waals surface area contributed by atoms with Gasteiger partial charge in [-0.15, -0.1) is 0 Å². The number of nitrogens with two attached hydrogens (primary N) is 1. The van der Waals surface area contributed by atoms with E-state index in [1.165, 1.54) is 0 Å². The van der Waals surface area contributed by atoms with Crippen molar-refractivity contribution in [3.8, 4) is 0 Å². The second-order valence-electron chi connectivity index (χ2n) is 3.86. The Morgan fingerprint density at radius 3 is 2.88 bits per heavy atom. The molecule has 3 N–H and O–H groups in total. The number of rotatable bonds is 4. The van der Waals surface area contributed by atoms with Gasteiger partial charge in [0.05, 0.1) is 12.2 Å². The first-order valence-electron chi connectivity index (χ1n) is 5.43. The molecule has 6 nitrogen and oxygen atoms in total. The number of nitrogens with one attached hydrogen (secondary N) is 1. The maximum Gasteiger partial charge on any atom is 0.132 e. The molecule has 0 saturated carbocycles. The molecule has 0 unspecified atom stereocenters. The molecule has 0 aromatic carbocycles. The highest BCUT2D eigenvalue weighted by atomic mass is 15.2. The van der Waals surface area contributed by atoms with Crippen LogP contribution in [0.3, 0.4) is 0 Å². The molecule has 0 amide bonds. The summed E-state index contributed by atoms with van der Waals surface area (Å²) in [6.07, 6.45) is 3.54. The molecule has 6 heteroatoms. The minimum Gasteiger partial charge on any atom is -0.352 e. The molecule has 0 saturated heterocycles. The van der Waals surface area contributed by atoms with E-state index in [4.69, 9.17) is 5.73 Å². The second-order valence-corrected chi connectivity index (χ2v) is 3.86. The van der Waals surface area contributed by atoms with E-state index in [-0.39, 0.29) is 0 Å². The van der Waals surface area contributed by atoms with Gasteiger partial charge in [-0.25, -0.2) is 15.0 Å². The van der Waals surface area contributed by atoms with E-state index in [2.05, 4.69) is 19.9 Å². The fraction of sp³-hybridized carbons (Fsp3) is 0.364. The standard InChI is InChI=1S/C11H16N6/c1-8-15-9(6-12)5-11(16-8)17(2)7-10-13-3-4-14-10/h3-5H,6-7,12H2,1-2H3,(H,13,14). The average Bonchev–Trinajstić information content (AvgIpc) is 2.81. The molecular formula is C11H16N6. The summed E-state index contributed by atoms with van der Waals surface area (Å²) in [5.74, 6) is 2.49. The van der Waals surface area contributed by atoms with Crippen LogP contribution < -0.4 is 10.6 Å². The van der Waals surface area contributed by atoms with Crippen LogP contribution in [-0.4, -0.2) is 27.0 Å². The lowest BCUT2D eigenvalue weighted by molar-refractivity contribution is 0.822. The Balaban J connectivity index is 2.18. The Morgan fingerprint density at radius 1 is 1.41 bits per heavy atom. The van der Waals surface area contributed by atoms with Crippen LogP contribution in [0.15, 0.2) is 18.5 Å². The maximum atomic E-state index is 5.60. The zero-order valence-corrected chi connectivity index (χ0v) is 10.0. The van der Waals surface area contributed by atoms with Crippen molar-refractivity contribution in [2.45, 2.75) is 20.0 Å². The van der Waals surface area contributed by atoms with E-state index in [1.807, 2.05) is 24.9 Å². The monoisotopic (exact) mass is 232 g/mol. The zero-order chi connectivity index (χ0) is 12.3. The zero-order valence-electron chi connectivity index (χ0n) is 10.0. The van der Waals surface area contributed by atoms with Crippen LogP contribution in [0.4, 0.5) is 5.82 Å². The molecule has 2 aromatic rings. The summed E-state index contributed by atoms with van der Waals surface area (Å²) < 4.78 is 0. The third-order valence-electron chi connectivity index (χ3n) is 2.42. The van der Waals surface area contributed by atoms with Crippen molar-refractivity contribution >= 4 is 5.82 Å². The summed E-state index contributed by atoms with van der Waals surface area (Å²) in [6.45, 7) is 2.96. The van der Waals surface area contributed by atoms with Gasteiger partial charge in [-0.3, -0.25) is 0 Å². The van der Waals surface area contributed by atoms with Gasteiger partial charge in [0.15, 0.2) is 0 Å². The van der Waals surface area contributed by atoms with E-state index in [1.54, 1.807) is 12.4 Å². The normalized spacial score (nSPS) is 10.5. The number of imidazole rings is 1. The number of anilines is 1. The first-order chi connectivity index (χ1) is 8.19. The molecule has 0 aliphatic heterocycles. The van der Waals surface area contributed by atoms with Gasteiger partial charge in [0.2, 0.25) is 0 Å². The summed E-state index contributed by atoms with van der Waals surface area (Å²) in [4.78, 5) is 17.9. The van der Waals surface area contributed by atoms with Crippen molar-refractivity contribution in [1.82, 2.24) is 19.9 Å². The van der Waals surface area contributed by atoms with Crippen LogP contribution in [0, 0.1) is 6.92 Å². The van der Waals surface area contributed by atoms with Gasteiger partial charge in [-0.05, 0) is 6.92 Å². The molecular weight excluding hydrogens is 216 g/mol. The fourth-order valence-corrected chi connectivity index (χ4v) is 1.60. The Labute approximate surface area is 99.9 Å². The highest BCUT2D eigenvalue weighted by molar-refractivity contribution is 5.38. The van der Waals surface area contributed by atoms with E-state index in [9.17, 15) is 0 Å². The van der Waals surface area contributed by atoms with Crippen molar-refractivity contribution in [2.75, 3.05) is 11.9 Å². The molecule has 17 heavy (non-hydrogen) atoms. The van der Waals surface area contributed by atoms with Crippen LogP contribution in [0.5, 0.6) is 0 Å². The smallest absolute Gasteiger partial charge is 0.132 e.